The van der Waals surface area contributed by atoms with Crippen LogP contribution in [0.3, 0.4) is 0 Å². The van der Waals surface area contributed by atoms with E-state index in [-0.39, 0.29) is 0 Å². The molecule has 0 saturated carbocycles. The van der Waals surface area contributed by atoms with Crippen molar-refractivity contribution in [2.24, 2.45) is 5.92 Å². The van der Waals surface area contributed by atoms with Crippen LogP contribution in [-0.2, 0) is 9.09 Å². The molecule has 0 saturated heterocycles. The third-order valence-corrected chi connectivity index (χ3v) is 5.41. The maximum Gasteiger partial charge on any atom is 0.587 e. The Morgan fingerprint density at radius 1 is 0.913 bits per heavy atom. The molecule has 0 bridgehead atoms. The van der Waals surface area contributed by atoms with Crippen molar-refractivity contribution in [3.63, 3.8) is 0 Å². The largest absolute Gasteiger partial charge is 0.587 e. The van der Waals surface area contributed by atoms with E-state index in [1.54, 1.807) is 12.1 Å². The minimum absolute atomic E-state index is 0.335. The van der Waals surface area contributed by atoms with E-state index < -0.39 is 7.82 Å². The van der Waals surface area contributed by atoms with Crippen LogP contribution in [0, 0.1) is 5.92 Å². The zero-order valence-corrected chi connectivity index (χ0v) is 14.3. The molecule has 122 valence electrons. The number of para-hydroxylation sites is 2. The molecule has 2 aromatic rings. The summed E-state index contributed by atoms with van der Waals surface area (Å²) in [6, 6.07) is 14.9. The van der Waals surface area contributed by atoms with Crippen molar-refractivity contribution in [2.45, 2.75) is 26.7 Å². The summed E-state index contributed by atoms with van der Waals surface area (Å²) >= 11 is 0. The fourth-order valence-electron chi connectivity index (χ4n) is 2.57. The van der Waals surface area contributed by atoms with Crippen LogP contribution in [0.1, 0.15) is 26.7 Å². The molecule has 0 radical (unpaired) electrons. The van der Waals surface area contributed by atoms with Crippen LogP contribution in [-0.4, -0.2) is 6.61 Å². The molecule has 0 unspecified atom stereocenters. The second kappa shape index (κ2) is 6.77. The summed E-state index contributed by atoms with van der Waals surface area (Å²) in [6.07, 6.45) is 1.92. The highest BCUT2D eigenvalue weighted by molar-refractivity contribution is 7.49. The van der Waals surface area contributed by atoms with Crippen LogP contribution in [0.4, 0.5) is 0 Å². The monoisotopic (exact) mass is 332 g/mol. The van der Waals surface area contributed by atoms with E-state index in [4.69, 9.17) is 13.6 Å². The fraction of sp³-hybridized carbons (Fsp3) is 0.333. The Kier molecular flexibility index (Phi) is 4.74. The molecule has 0 fully saturated rings. The molecule has 0 aliphatic carbocycles. The van der Waals surface area contributed by atoms with Crippen LogP contribution in [0.25, 0.3) is 11.1 Å². The molecular weight excluding hydrogens is 311 g/mol. The molecular formula is C18H21O4P. The maximum atomic E-state index is 13.0. The van der Waals surface area contributed by atoms with Gasteiger partial charge in [0.1, 0.15) is 11.5 Å². The van der Waals surface area contributed by atoms with Crippen LogP contribution >= 0.6 is 7.82 Å². The maximum absolute atomic E-state index is 13.0. The first kappa shape index (κ1) is 16.1. The molecule has 2 aromatic carbocycles. The van der Waals surface area contributed by atoms with Crippen LogP contribution < -0.4 is 9.05 Å². The van der Waals surface area contributed by atoms with E-state index in [1.165, 1.54) is 0 Å². The first-order chi connectivity index (χ1) is 11.1. The number of phosphoric ester groups is 1. The van der Waals surface area contributed by atoms with Crippen molar-refractivity contribution in [1.29, 1.82) is 0 Å². The van der Waals surface area contributed by atoms with Gasteiger partial charge in [0.15, 0.2) is 0 Å². The normalized spacial score (nSPS) is 15.1. The van der Waals surface area contributed by atoms with Gasteiger partial charge in [-0.05, 0) is 18.1 Å². The Morgan fingerprint density at radius 3 is 1.87 bits per heavy atom. The minimum Gasteiger partial charge on any atom is -0.394 e. The highest BCUT2D eigenvalue weighted by Gasteiger charge is 2.36. The fourth-order valence-corrected chi connectivity index (χ4v) is 3.91. The van der Waals surface area contributed by atoms with Crippen LogP contribution in [0.2, 0.25) is 0 Å². The summed E-state index contributed by atoms with van der Waals surface area (Å²) in [5.74, 6) is 1.37. The SMILES string of the molecule is CCC(CC)COP1(=O)Oc2ccccc2-c2ccccc2O1. The Bertz CT molecular complexity index is 673. The lowest BCUT2D eigenvalue weighted by atomic mass is 10.0. The quantitative estimate of drug-likeness (QED) is 0.660. The molecule has 1 aliphatic heterocycles. The van der Waals surface area contributed by atoms with Gasteiger partial charge in [0.25, 0.3) is 0 Å². The predicted molar refractivity (Wildman–Crippen MR) is 90.8 cm³/mol. The van der Waals surface area contributed by atoms with Gasteiger partial charge in [0.2, 0.25) is 0 Å². The highest BCUT2D eigenvalue weighted by atomic mass is 31.2. The van der Waals surface area contributed by atoms with Gasteiger partial charge in [-0.15, -0.1) is 0 Å². The molecule has 0 N–H and O–H groups in total. The Hall–Kier alpha value is -1.77. The predicted octanol–water partition coefficient (Wildman–Crippen LogP) is 5.69. The number of benzene rings is 2. The summed E-state index contributed by atoms with van der Waals surface area (Å²) in [5, 5.41) is 0. The summed E-state index contributed by atoms with van der Waals surface area (Å²) in [6.45, 7) is 4.54. The standard InChI is InChI=1S/C18H21O4P/c1-3-14(4-2)13-20-23(19)21-17-11-7-5-9-15(17)16-10-6-8-12-18(16)22-23/h5-12,14H,3-4,13H2,1-2H3. The van der Waals surface area contributed by atoms with E-state index >= 15 is 0 Å². The third kappa shape index (κ3) is 3.44. The van der Waals surface area contributed by atoms with Crippen LogP contribution in [0.15, 0.2) is 48.5 Å². The third-order valence-electron chi connectivity index (χ3n) is 4.11. The van der Waals surface area contributed by atoms with Crippen molar-refractivity contribution in [3.8, 4) is 22.6 Å². The summed E-state index contributed by atoms with van der Waals surface area (Å²) in [5.41, 5.74) is 1.71. The number of phosphoric acid groups is 1. The lowest BCUT2D eigenvalue weighted by Gasteiger charge is -2.19. The van der Waals surface area contributed by atoms with Gasteiger partial charge in [0.05, 0.1) is 6.61 Å². The van der Waals surface area contributed by atoms with Gasteiger partial charge in [-0.3, -0.25) is 4.52 Å². The molecule has 3 rings (SSSR count). The summed E-state index contributed by atoms with van der Waals surface area (Å²) in [7, 11) is -3.70. The first-order valence-electron chi connectivity index (χ1n) is 7.97. The van der Waals surface area contributed by atoms with Gasteiger partial charge >= 0.3 is 7.82 Å². The Labute approximate surface area is 137 Å². The summed E-state index contributed by atoms with van der Waals surface area (Å²) in [4.78, 5) is 0. The molecule has 0 amide bonds. The molecule has 0 spiro atoms. The second-order valence-corrected chi connectivity index (χ2v) is 7.12. The van der Waals surface area contributed by atoms with Gasteiger partial charge < -0.3 is 9.05 Å². The van der Waals surface area contributed by atoms with Gasteiger partial charge in [-0.25, -0.2) is 4.57 Å². The molecule has 1 aliphatic rings. The Balaban J connectivity index is 1.96. The number of fused-ring (bicyclic) bond motifs is 3. The first-order valence-corrected chi connectivity index (χ1v) is 9.43. The van der Waals surface area contributed by atoms with Crippen molar-refractivity contribution >= 4 is 7.82 Å². The van der Waals surface area contributed by atoms with Crippen molar-refractivity contribution in [1.82, 2.24) is 0 Å². The van der Waals surface area contributed by atoms with Gasteiger partial charge in [-0.1, -0.05) is 63.1 Å². The van der Waals surface area contributed by atoms with Crippen molar-refractivity contribution in [2.75, 3.05) is 6.61 Å². The Morgan fingerprint density at radius 2 is 1.39 bits per heavy atom. The lowest BCUT2D eigenvalue weighted by Crippen LogP contribution is -2.11. The topological polar surface area (TPSA) is 44.8 Å². The van der Waals surface area contributed by atoms with Gasteiger partial charge in [-0.2, -0.15) is 0 Å². The van der Waals surface area contributed by atoms with Crippen LogP contribution in [0.5, 0.6) is 11.5 Å². The molecule has 23 heavy (non-hydrogen) atoms. The van der Waals surface area contributed by atoms with E-state index in [2.05, 4.69) is 13.8 Å². The van der Waals surface area contributed by atoms with E-state index in [1.807, 2.05) is 36.4 Å². The molecule has 0 aromatic heterocycles. The molecule has 1 heterocycles. The smallest absolute Gasteiger partial charge is 0.394 e. The highest BCUT2D eigenvalue weighted by Crippen LogP contribution is 2.56. The number of hydrogen-bond donors (Lipinski definition) is 0. The van der Waals surface area contributed by atoms with E-state index in [0.717, 1.165) is 24.0 Å². The number of rotatable bonds is 5. The van der Waals surface area contributed by atoms with Gasteiger partial charge in [0, 0.05) is 11.1 Å². The zero-order chi connectivity index (χ0) is 16.3. The van der Waals surface area contributed by atoms with Crippen molar-refractivity contribution in [3.05, 3.63) is 48.5 Å². The van der Waals surface area contributed by atoms with E-state index in [9.17, 15) is 4.57 Å². The molecule has 5 heteroatoms. The average molecular weight is 332 g/mol. The van der Waals surface area contributed by atoms with Crippen molar-refractivity contribution < 1.29 is 18.1 Å². The number of hydrogen-bond acceptors (Lipinski definition) is 4. The average Bonchev–Trinajstić information content (AvgIpc) is 2.69. The minimum atomic E-state index is -3.70. The van der Waals surface area contributed by atoms with E-state index in [0.29, 0.717) is 24.0 Å². The zero-order valence-electron chi connectivity index (χ0n) is 13.4. The second-order valence-electron chi connectivity index (χ2n) is 5.60. The summed E-state index contributed by atoms with van der Waals surface area (Å²) < 4.78 is 30.0. The molecule has 0 atom stereocenters. The lowest BCUT2D eigenvalue weighted by molar-refractivity contribution is 0.175. The molecule has 4 nitrogen and oxygen atoms in total.